The van der Waals surface area contributed by atoms with Crippen LogP contribution in [0.3, 0.4) is 0 Å². The Morgan fingerprint density at radius 2 is 1.90 bits per heavy atom. The number of nitrogens with one attached hydrogen (secondary N) is 1. The van der Waals surface area contributed by atoms with Crippen molar-refractivity contribution >= 4 is 11.6 Å². The molecule has 0 unspecified atom stereocenters. The van der Waals surface area contributed by atoms with E-state index < -0.39 is 0 Å². The van der Waals surface area contributed by atoms with Gasteiger partial charge in [-0.1, -0.05) is 37.5 Å². The third-order valence-electron chi connectivity index (χ3n) is 4.06. The largest absolute Gasteiger partial charge is 0.362 e. The van der Waals surface area contributed by atoms with E-state index in [-0.39, 0.29) is 5.91 Å². The highest BCUT2D eigenvalue weighted by Crippen LogP contribution is 2.18. The summed E-state index contributed by atoms with van der Waals surface area (Å²) in [6.45, 7) is 1.88. The number of para-hydroxylation sites is 1. The van der Waals surface area contributed by atoms with Crippen LogP contribution in [-0.2, 0) is 4.79 Å². The maximum Gasteiger partial charge on any atom is 0.239 e. The van der Waals surface area contributed by atoms with E-state index in [2.05, 4.69) is 10.2 Å². The van der Waals surface area contributed by atoms with Gasteiger partial charge in [0.05, 0.1) is 6.54 Å². The Bertz CT molecular complexity index is 415. The number of hydrogen-bond acceptors (Lipinski definition) is 3. The van der Waals surface area contributed by atoms with Crippen molar-refractivity contribution in [1.29, 1.82) is 0 Å². The van der Waals surface area contributed by atoms with Gasteiger partial charge in [0, 0.05) is 18.3 Å². The van der Waals surface area contributed by atoms with Gasteiger partial charge in [-0.15, -0.1) is 0 Å². The maximum atomic E-state index is 12.3. The number of carbonyl (C=O) groups is 1. The highest BCUT2D eigenvalue weighted by atomic mass is 16.2. The van der Waals surface area contributed by atoms with Crippen molar-refractivity contribution in [3.05, 3.63) is 30.3 Å². The first-order valence-electron chi connectivity index (χ1n) is 8.09. The Hall–Kier alpha value is -1.55. The standard InChI is InChI=1S/C17H27N3O/c18-12-7-13-20(16-10-5-2-6-11-16)14-17(21)19-15-8-3-1-4-9-15/h2,5-6,10-11,15H,1,3-4,7-9,12-14,18H2,(H,19,21). The van der Waals surface area contributed by atoms with Gasteiger partial charge in [-0.3, -0.25) is 4.79 Å². The number of nitrogens with two attached hydrogens (primary N) is 1. The van der Waals surface area contributed by atoms with Gasteiger partial charge in [0.15, 0.2) is 0 Å². The minimum Gasteiger partial charge on any atom is -0.362 e. The van der Waals surface area contributed by atoms with Crippen LogP contribution < -0.4 is 16.0 Å². The molecule has 0 saturated heterocycles. The van der Waals surface area contributed by atoms with E-state index in [0.717, 1.165) is 31.5 Å². The molecule has 0 aromatic heterocycles. The lowest BCUT2D eigenvalue weighted by molar-refractivity contribution is -0.120. The average Bonchev–Trinajstić information content (AvgIpc) is 2.53. The van der Waals surface area contributed by atoms with Crippen LogP contribution in [0.5, 0.6) is 0 Å². The van der Waals surface area contributed by atoms with Gasteiger partial charge >= 0.3 is 0 Å². The third-order valence-corrected chi connectivity index (χ3v) is 4.06. The van der Waals surface area contributed by atoms with Crippen LogP contribution in [-0.4, -0.2) is 31.6 Å². The smallest absolute Gasteiger partial charge is 0.239 e. The van der Waals surface area contributed by atoms with Crippen molar-refractivity contribution in [3.63, 3.8) is 0 Å². The summed E-state index contributed by atoms with van der Waals surface area (Å²) in [5, 5.41) is 3.18. The van der Waals surface area contributed by atoms with Crippen LogP contribution in [0.2, 0.25) is 0 Å². The van der Waals surface area contributed by atoms with Gasteiger partial charge in [-0.2, -0.15) is 0 Å². The molecule has 1 aromatic rings. The third kappa shape index (κ3) is 5.38. The number of rotatable bonds is 7. The summed E-state index contributed by atoms with van der Waals surface area (Å²) in [5.41, 5.74) is 6.70. The molecule has 116 valence electrons. The summed E-state index contributed by atoms with van der Waals surface area (Å²) in [4.78, 5) is 14.4. The molecule has 21 heavy (non-hydrogen) atoms. The van der Waals surface area contributed by atoms with Crippen LogP contribution in [0.25, 0.3) is 0 Å². The number of anilines is 1. The fourth-order valence-corrected chi connectivity index (χ4v) is 2.91. The first kappa shape index (κ1) is 15.8. The molecule has 0 radical (unpaired) electrons. The molecule has 1 aliphatic carbocycles. The SMILES string of the molecule is NCCCN(CC(=O)NC1CCCCC1)c1ccccc1. The molecule has 1 aliphatic rings. The van der Waals surface area contributed by atoms with E-state index in [1.165, 1.54) is 19.3 Å². The topological polar surface area (TPSA) is 58.4 Å². The van der Waals surface area contributed by atoms with Gasteiger partial charge in [0.25, 0.3) is 0 Å². The molecule has 1 amide bonds. The summed E-state index contributed by atoms with van der Waals surface area (Å²) in [7, 11) is 0. The molecule has 0 bridgehead atoms. The monoisotopic (exact) mass is 289 g/mol. The summed E-state index contributed by atoms with van der Waals surface area (Å²) in [6, 6.07) is 10.5. The second-order valence-electron chi connectivity index (χ2n) is 5.80. The predicted molar refractivity (Wildman–Crippen MR) is 87.3 cm³/mol. The van der Waals surface area contributed by atoms with Gasteiger partial charge < -0.3 is 16.0 Å². The van der Waals surface area contributed by atoms with E-state index >= 15 is 0 Å². The molecule has 2 rings (SSSR count). The molecule has 1 fully saturated rings. The quantitative estimate of drug-likeness (QED) is 0.809. The van der Waals surface area contributed by atoms with Crippen LogP contribution in [0.1, 0.15) is 38.5 Å². The van der Waals surface area contributed by atoms with Crippen LogP contribution >= 0.6 is 0 Å². The van der Waals surface area contributed by atoms with E-state index in [1.54, 1.807) is 0 Å². The fourth-order valence-electron chi connectivity index (χ4n) is 2.91. The molecular formula is C17H27N3O. The number of hydrogen-bond donors (Lipinski definition) is 2. The number of nitrogens with zero attached hydrogens (tertiary/aromatic N) is 1. The summed E-state index contributed by atoms with van der Waals surface area (Å²) < 4.78 is 0. The first-order valence-corrected chi connectivity index (χ1v) is 8.09. The van der Waals surface area contributed by atoms with E-state index in [9.17, 15) is 4.79 Å². The number of amides is 1. The molecule has 3 N–H and O–H groups in total. The lowest BCUT2D eigenvalue weighted by atomic mass is 9.95. The zero-order valence-electron chi connectivity index (χ0n) is 12.8. The molecule has 4 heteroatoms. The maximum absolute atomic E-state index is 12.3. The van der Waals surface area contributed by atoms with Crippen molar-refractivity contribution in [1.82, 2.24) is 5.32 Å². The Morgan fingerprint density at radius 3 is 2.57 bits per heavy atom. The Labute approximate surface area is 127 Å². The molecule has 0 heterocycles. The second-order valence-corrected chi connectivity index (χ2v) is 5.80. The highest BCUT2D eigenvalue weighted by Gasteiger charge is 2.17. The number of carbonyl (C=O) groups excluding carboxylic acids is 1. The normalized spacial score (nSPS) is 15.7. The van der Waals surface area contributed by atoms with Crippen LogP contribution in [0.15, 0.2) is 30.3 Å². The molecule has 0 atom stereocenters. The molecule has 0 spiro atoms. The highest BCUT2D eigenvalue weighted by molar-refractivity contribution is 5.81. The van der Waals surface area contributed by atoms with Gasteiger partial charge in [-0.25, -0.2) is 0 Å². The van der Waals surface area contributed by atoms with Crippen molar-refractivity contribution in [3.8, 4) is 0 Å². The van der Waals surface area contributed by atoms with Gasteiger partial charge in [0.1, 0.15) is 0 Å². The lowest BCUT2D eigenvalue weighted by Gasteiger charge is -2.27. The summed E-state index contributed by atoms with van der Waals surface area (Å²) in [5.74, 6) is 0.128. The molecule has 0 aliphatic heterocycles. The van der Waals surface area contributed by atoms with Crippen molar-refractivity contribution < 1.29 is 4.79 Å². The Morgan fingerprint density at radius 1 is 1.19 bits per heavy atom. The minimum absolute atomic E-state index is 0.128. The second kappa shape index (κ2) is 8.67. The minimum atomic E-state index is 0.128. The lowest BCUT2D eigenvalue weighted by Crippen LogP contribution is -2.43. The Balaban J connectivity index is 1.89. The van der Waals surface area contributed by atoms with E-state index in [0.29, 0.717) is 19.1 Å². The number of benzene rings is 1. The van der Waals surface area contributed by atoms with Gasteiger partial charge in [-0.05, 0) is 37.9 Å². The van der Waals surface area contributed by atoms with Gasteiger partial charge in [0.2, 0.25) is 5.91 Å². The zero-order chi connectivity index (χ0) is 14.9. The Kier molecular flexibility index (Phi) is 6.54. The summed E-state index contributed by atoms with van der Waals surface area (Å²) >= 11 is 0. The molecule has 4 nitrogen and oxygen atoms in total. The van der Waals surface area contributed by atoms with Crippen molar-refractivity contribution in [2.75, 3.05) is 24.5 Å². The van der Waals surface area contributed by atoms with E-state index in [1.807, 2.05) is 30.3 Å². The van der Waals surface area contributed by atoms with Crippen molar-refractivity contribution in [2.24, 2.45) is 5.73 Å². The van der Waals surface area contributed by atoms with Crippen LogP contribution in [0.4, 0.5) is 5.69 Å². The predicted octanol–water partition coefficient (Wildman–Crippen LogP) is 2.29. The first-order chi connectivity index (χ1) is 10.3. The van der Waals surface area contributed by atoms with Crippen molar-refractivity contribution in [2.45, 2.75) is 44.6 Å². The molecule has 1 aromatic carbocycles. The fraction of sp³-hybridized carbons (Fsp3) is 0.588. The molecule has 1 saturated carbocycles. The zero-order valence-corrected chi connectivity index (χ0v) is 12.8. The van der Waals surface area contributed by atoms with Crippen LogP contribution in [0, 0.1) is 0 Å². The molecular weight excluding hydrogens is 262 g/mol. The average molecular weight is 289 g/mol. The van der Waals surface area contributed by atoms with E-state index in [4.69, 9.17) is 5.73 Å². The summed E-state index contributed by atoms with van der Waals surface area (Å²) in [6.07, 6.45) is 6.92.